The first kappa shape index (κ1) is 21.1. The van der Waals surface area contributed by atoms with Crippen molar-refractivity contribution in [1.29, 1.82) is 0 Å². The van der Waals surface area contributed by atoms with Gasteiger partial charge in [0.25, 0.3) is 0 Å². The van der Waals surface area contributed by atoms with Crippen molar-refractivity contribution in [1.82, 2.24) is 24.7 Å². The number of nitrogens with zero attached hydrogens (tertiary/aromatic N) is 4. The van der Waals surface area contributed by atoms with Gasteiger partial charge in [-0.15, -0.1) is 0 Å². The number of carbonyl (C=O) groups is 3. The van der Waals surface area contributed by atoms with Crippen LogP contribution in [0.1, 0.15) is 37.7 Å². The van der Waals surface area contributed by atoms with E-state index in [0.29, 0.717) is 45.4 Å². The van der Waals surface area contributed by atoms with Gasteiger partial charge < -0.3 is 19.7 Å². The van der Waals surface area contributed by atoms with E-state index in [2.05, 4.69) is 10.3 Å². The normalized spacial score (nSPS) is 19.2. The van der Waals surface area contributed by atoms with Gasteiger partial charge in [0.05, 0.1) is 17.9 Å². The molecule has 31 heavy (non-hydrogen) atoms. The molecular weight excluding hydrogens is 394 g/mol. The first-order chi connectivity index (χ1) is 15.1. The topological polar surface area (TPSA) is 87.5 Å². The van der Waals surface area contributed by atoms with E-state index in [1.807, 2.05) is 39.9 Å². The Labute approximate surface area is 182 Å². The van der Waals surface area contributed by atoms with Gasteiger partial charge in [-0.3, -0.25) is 14.4 Å². The Hall–Kier alpha value is -3.16. The lowest BCUT2D eigenvalue weighted by Gasteiger charge is -2.32. The van der Waals surface area contributed by atoms with Crippen molar-refractivity contribution in [2.45, 2.75) is 38.6 Å². The molecule has 0 bridgehead atoms. The number of hydrogen-bond donors (Lipinski definition) is 1. The van der Waals surface area contributed by atoms with Crippen LogP contribution in [0.25, 0.3) is 5.69 Å². The van der Waals surface area contributed by atoms with Gasteiger partial charge in [0, 0.05) is 58.0 Å². The summed E-state index contributed by atoms with van der Waals surface area (Å²) < 4.78 is 1.92. The van der Waals surface area contributed by atoms with Crippen LogP contribution < -0.4 is 5.32 Å². The average Bonchev–Trinajstić information content (AvgIpc) is 3.46. The molecule has 8 nitrogen and oxygen atoms in total. The number of benzene rings is 1. The fourth-order valence-corrected chi connectivity index (χ4v) is 4.38. The molecule has 0 saturated carbocycles. The molecule has 1 aromatic heterocycles. The molecule has 4 rings (SSSR count). The van der Waals surface area contributed by atoms with Crippen LogP contribution in [-0.4, -0.2) is 63.3 Å². The number of nitrogens with one attached hydrogen (secondary N) is 1. The zero-order valence-corrected chi connectivity index (χ0v) is 17.7. The van der Waals surface area contributed by atoms with Gasteiger partial charge in [0.15, 0.2) is 0 Å². The van der Waals surface area contributed by atoms with Crippen LogP contribution in [0, 0.1) is 5.92 Å². The van der Waals surface area contributed by atoms with Crippen molar-refractivity contribution >= 4 is 17.7 Å². The van der Waals surface area contributed by atoms with E-state index in [4.69, 9.17) is 0 Å². The van der Waals surface area contributed by atoms with E-state index in [1.165, 1.54) is 0 Å². The first-order valence-corrected chi connectivity index (χ1v) is 11.0. The predicted molar refractivity (Wildman–Crippen MR) is 115 cm³/mol. The van der Waals surface area contributed by atoms with E-state index in [9.17, 15) is 14.4 Å². The molecule has 0 unspecified atom stereocenters. The Bertz CT molecular complexity index is 927. The van der Waals surface area contributed by atoms with Gasteiger partial charge in [0.1, 0.15) is 0 Å². The number of likely N-dealkylation sites (tertiary alicyclic amines) is 2. The fourth-order valence-electron chi connectivity index (χ4n) is 4.38. The largest absolute Gasteiger partial charge is 0.352 e. The highest BCUT2D eigenvalue weighted by Gasteiger charge is 2.30. The molecule has 1 N–H and O–H groups in total. The Morgan fingerprint density at radius 2 is 1.90 bits per heavy atom. The van der Waals surface area contributed by atoms with Crippen LogP contribution in [0.4, 0.5) is 0 Å². The van der Waals surface area contributed by atoms with Crippen LogP contribution in [-0.2, 0) is 20.9 Å². The van der Waals surface area contributed by atoms with Gasteiger partial charge in [-0.25, -0.2) is 4.98 Å². The summed E-state index contributed by atoms with van der Waals surface area (Å²) in [7, 11) is 0. The SMILES string of the molecule is O=C(NCc1ccccc1-n1ccnc1)[C@@H]1CCC(=O)N(CCCN2CCCC2=O)C1. The van der Waals surface area contributed by atoms with Crippen LogP contribution in [0.15, 0.2) is 43.0 Å². The van der Waals surface area contributed by atoms with E-state index in [1.54, 1.807) is 17.4 Å². The second-order valence-electron chi connectivity index (χ2n) is 8.23. The van der Waals surface area contributed by atoms with E-state index >= 15 is 0 Å². The molecular formula is C23H29N5O3. The highest BCUT2D eigenvalue weighted by atomic mass is 16.2. The third-order valence-corrected chi connectivity index (χ3v) is 6.13. The minimum absolute atomic E-state index is 0.0207. The molecule has 2 fully saturated rings. The third-order valence-electron chi connectivity index (χ3n) is 6.13. The summed E-state index contributed by atoms with van der Waals surface area (Å²) in [5.74, 6) is 0.0830. The maximum atomic E-state index is 12.8. The van der Waals surface area contributed by atoms with E-state index < -0.39 is 0 Å². The standard InChI is InChI=1S/C23H29N5O3/c29-21-7-3-11-26(21)12-4-13-27-16-19(8-9-22(27)30)23(31)25-15-18-5-1-2-6-20(18)28-14-10-24-17-28/h1-2,5-6,10,14,17,19H,3-4,7-9,11-13,15-16H2,(H,25,31)/t19-/m1/s1. The number of imidazole rings is 1. The summed E-state index contributed by atoms with van der Waals surface area (Å²) in [5, 5.41) is 3.05. The molecule has 0 spiro atoms. The molecule has 1 atom stereocenters. The van der Waals surface area contributed by atoms with Crippen LogP contribution in [0.5, 0.6) is 0 Å². The second-order valence-corrected chi connectivity index (χ2v) is 8.23. The van der Waals surface area contributed by atoms with Gasteiger partial charge in [-0.2, -0.15) is 0 Å². The monoisotopic (exact) mass is 423 g/mol. The fraction of sp³-hybridized carbons (Fsp3) is 0.478. The number of carbonyl (C=O) groups excluding carboxylic acids is 3. The lowest BCUT2D eigenvalue weighted by Crippen LogP contribution is -2.46. The van der Waals surface area contributed by atoms with Gasteiger partial charge in [-0.05, 0) is 30.9 Å². The summed E-state index contributed by atoms with van der Waals surface area (Å²) in [6.45, 7) is 2.97. The summed E-state index contributed by atoms with van der Waals surface area (Å²) >= 11 is 0. The number of piperidine rings is 1. The third kappa shape index (κ3) is 5.13. The lowest BCUT2D eigenvalue weighted by molar-refractivity contribution is -0.138. The van der Waals surface area contributed by atoms with E-state index in [0.717, 1.165) is 30.6 Å². The number of rotatable bonds is 8. The number of hydrogen-bond acceptors (Lipinski definition) is 4. The zero-order valence-electron chi connectivity index (χ0n) is 17.7. The predicted octanol–water partition coefficient (Wildman–Crippen LogP) is 1.74. The van der Waals surface area contributed by atoms with Crippen molar-refractivity contribution in [3.8, 4) is 5.69 Å². The maximum Gasteiger partial charge on any atom is 0.225 e. The van der Waals surface area contributed by atoms with Gasteiger partial charge in [-0.1, -0.05) is 18.2 Å². The molecule has 164 valence electrons. The Morgan fingerprint density at radius 1 is 1.10 bits per heavy atom. The van der Waals surface area contributed by atoms with Crippen molar-refractivity contribution in [3.63, 3.8) is 0 Å². The number of amides is 3. The molecule has 2 aliphatic rings. The van der Waals surface area contributed by atoms with Crippen molar-refractivity contribution in [2.75, 3.05) is 26.2 Å². The van der Waals surface area contributed by atoms with Crippen LogP contribution >= 0.6 is 0 Å². The minimum Gasteiger partial charge on any atom is -0.352 e. The van der Waals surface area contributed by atoms with Crippen LogP contribution in [0.2, 0.25) is 0 Å². The molecule has 2 aromatic rings. The molecule has 0 radical (unpaired) electrons. The van der Waals surface area contributed by atoms with Crippen molar-refractivity contribution in [3.05, 3.63) is 48.5 Å². The lowest BCUT2D eigenvalue weighted by atomic mass is 9.96. The molecule has 2 aliphatic heterocycles. The molecule has 3 heterocycles. The molecule has 1 aromatic carbocycles. The number of aromatic nitrogens is 2. The smallest absolute Gasteiger partial charge is 0.225 e. The van der Waals surface area contributed by atoms with Crippen molar-refractivity contribution < 1.29 is 14.4 Å². The van der Waals surface area contributed by atoms with Crippen molar-refractivity contribution in [2.24, 2.45) is 5.92 Å². The Kier molecular flexibility index (Phi) is 6.64. The van der Waals surface area contributed by atoms with Gasteiger partial charge in [0.2, 0.25) is 17.7 Å². The molecule has 8 heteroatoms. The summed E-state index contributed by atoms with van der Waals surface area (Å²) in [6.07, 6.45) is 8.62. The summed E-state index contributed by atoms with van der Waals surface area (Å²) in [6, 6.07) is 7.90. The Morgan fingerprint density at radius 3 is 2.68 bits per heavy atom. The second kappa shape index (κ2) is 9.76. The highest BCUT2D eigenvalue weighted by Crippen LogP contribution is 2.20. The van der Waals surface area contributed by atoms with Gasteiger partial charge >= 0.3 is 0 Å². The minimum atomic E-state index is -0.202. The maximum absolute atomic E-state index is 12.8. The summed E-state index contributed by atoms with van der Waals surface area (Å²) in [4.78, 5) is 44.6. The molecule has 2 saturated heterocycles. The Balaban J connectivity index is 1.29. The highest BCUT2D eigenvalue weighted by molar-refractivity contribution is 5.84. The molecule has 3 amide bonds. The average molecular weight is 424 g/mol. The summed E-state index contributed by atoms with van der Waals surface area (Å²) in [5.41, 5.74) is 1.99. The quantitative estimate of drug-likeness (QED) is 0.701. The molecule has 0 aliphatic carbocycles. The zero-order chi connectivity index (χ0) is 21.6. The van der Waals surface area contributed by atoms with E-state index in [-0.39, 0.29) is 23.6 Å². The van der Waals surface area contributed by atoms with Crippen LogP contribution in [0.3, 0.4) is 0 Å². The number of para-hydroxylation sites is 1. The first-order valence-electron chi connectivity index (χ1n) is 11.0.